The zero-order valence-electron chi connectivity index (χ0n) is 32.7. The van der Waals surface area contributed by atoms with Gasteiger partial charge in [0.2, 0.25) is 13.4 Å². The van der Waals surface area contributed by atoms with Crippen LogP contribution in [-0.2, 0) is 24.9 Å². The summed E-state index contributed by atoms with van der Waals surface area (Å²) in [5, 5.41) is 8.36. The Morgan fingerprint density at radius 3 is 1.54 bits per heavy atom. The standard InChI is InChI=1S/C45H36B2N.C5H8O2.Ir/c1-30-12-10-13-31(2)44(30)46-39-18-8-9-19-40(39)47(45-32(3)14-11-15-33(45)4)42-28-37(24-25-41(42)46)34-20-22-35(23-21-34)38-26-27-48-43(29-38)36-16-6-5-7-17-36;1-4(6)3-5(2)7;/h5-16,18-29H,1-4H3;3,6H,1-2H3;/q-1;;. The molecule has 7 aromatic rings. The molecule has 1 aliphatic rings. The molecule has 56 heavy (non-hydrogen) atoms. The van der Waals surface area contributed by atoms with Gasteiger partial charge in [0, 0.05) is 32.4 Å². The predicted octanol–water partition coefficient (Wildman–Crippen LogP) is 7.50. The molecule has 0 saturated heterocycles. The van der Waals surface area contributed by atoms with Gasteiger partial charge in [0.1, 0.15) is 0 Å². The van der Waals surface area contributed by atoms with Crippen molar-refractivity contribution < 1.29 is 30.0 Å². The molecule has 6 aromatic carbocycles. The number of benzene rings is 6. The van der Waals surface area contributed by atoms with Crippen molar-refractivity contribution in [1.29, 1.82) is 0 Å². The molecule has 0 spiro atoms. The molecule has 0 bridgehead atoms. The summed E-state index contributed by atoms with van der Waals surface area (Å²) in [6.45, 7) is 12.3. The van der Waals surface area contributed by atoms with Crippen LogP contribution < -0.4 is 32.8 Å². The number of ketones is 1. The molecule has 1 aliphatic heterocycles. The quantitative estimate of drug-likeness (QED) is 0.0815. The van der Waals surface area contributed by atoms with E-state index in [1.54, 1.807) is 0 Å². The van der Waals surface area contributed by atoms with Crippen molar-refractivity contribution in [3.8, 4) is 33.5 Å². The summed E-state index contributed by atoms with van der Waals surface area (Å²) in [5.74, 6) is -0.0625. The minimum absolute atomic E-state index is 0. The van der Waals surface area contributed by atoms with E-state index in [2.05, 4.69) is 160 Å². The normalized spacial score (nSPS) is 11.8. The molecule has 0 aliphatic carbocycles. The fourth-order valence-electron chi connectivity index (χ4n) is 8.29. The van der Waals surface area contributed by atoms with E-state index in [-0.39, 0.29) is 45.1 Å². The Balaban J connectivity index is 0.000000610. The van der Waals surface area contributed by atoms with Gasteiger partial charge in [-0.05, 0) is 75.6 Å². The second-order valence-corrected chi connectivity index (χ2v) is 14.6. The van der Waals surface area contributed by atoms with Crippen molar-refractivity contribution in [2.45, 2.75) is 41.5 Å². The Bertz CT molecular complexity index is 2500. The maximum absolute atomic E-state index is 10.0. The third-order valence-corrected chi connectivity index (χ3v) is 10.7. The molecule has 1 N–H and O–H groups in total. The summed E-state index contributed by atoms with van der Waals surface area (Å²) in [7, 11) is 0. The van der Waals surface area contributed by atoms with Gasteiger partial charge in [-0.15, -0.1) is 35.9 Å². The van der Waals surface area contributed by atoms with Gasteiger partial charge >= 0.3 is 0 Å². The third-order valence-electron chi connectivity index (χ3n) is 10.7. The van der Waals surface area contributed by atoms with E-state index < -0.39 is 0 Å². The van der Waals surface area contributed by atoms with Gasteiger partial charge in [-0.3, -0.25) is 4.79 Å². The van der Waals surface area contributed by atoms with Crippen LogP contribution in [0.5, 0.6) is 0 Å². The molecular formula is C50H44B2IrNO2-. The first-order valence-corrected chi connectivity index (χ1v) is 18.9. The smallest absolute Gasteiger partial charge is 0.240 e. The van der Waals surface area contributed by atoms with Crippen LogP contribution in [0.3, 0.4) is 0 Å². The number of rotatable bonds is 6. The number of aliphatic hydroxyl groups is 1. The van der Waals surface area contributed by atoms with Gasteiger partial charge in [0.15, 0.2) is 5.78 Å². The van der Waals surface area contributed by atoms with Crippen LogP contribution in [0.2, 0.25) is 0 Å². The number of hydrogen-bond donors (Lipinski definition) is 1. The SMILES string of the molecule is CC(=O)C=C(C)O.Cc1cccc(C)c1B1c2ccccc2B(c2c(C)cccc2C)c2cc(-c3ccc(-c4ccnc(-c5[c-]cccc5)c4)cc3)ccc21.[Ir]. The van der Waals surface area contributed by atoms with Crippen molar-refractivity contribution in [2.75, 3.05) is 0 Å². The number of fused-ring (bicyclic) bond motifs is 2. The number of carbonyl (C=O) groups excluding carboxylic acids is 1. The van der Waals surface area contributed by atoms with Gasteiger partial charge in [-0.1, -0.05) is 164 Å². The minimum atomic E-state index is -0.125. The van der Waals surface area contributed by atoms with Crippen molar-refractivity contribution in [2.24, 2.45) is 0 Å². The zero-order valence-corrected chi connectivity index (χ0v) is 35.1. The number of aliphatic hydroxyl groups excluding tert-OH is 1. The van der Waals surface area contributed by atoms with E-state index in [0.29, 0.717) is 0 Å². The Hall–Kier alpha value is -5.54. The fourth-order valence-corrected chi connectivity index (χ4v) is 8.29. The summed E-state index contributed by atoms with van der Waals surface area (Å²) in [6, 6.07) is 54.4. The molecule has 1 radical (unpaired) electrons. The van der Waals surface area contributed by atoms with Crippen molar-refractivity contribution in [3.05, 3.63) is 186 Å². The molecule has 0 unspecified atom stereocenters. The largest absolute Gasteiger partial charge is 0.512 e. The van der Waals surface area contributed by atoms with Crippen LogP contribution in [-0.4, -0.2) is 29.3 Å². The first kappa shape index (κ1) is 40.1. The average molecular weight is 905 g/mol. The van der Waals surface area contributed by atoms with E-state index in [0.717, 1.165) is 16.8 Å². The van der Waals surface area contributed by atoms with E-state index in [1.165, 1.54) is 91.6 Å². The Morgan fingerprint density at radius 2 is 1.05 bits per heavy atom. The van der Waals surface area contributed by atoms with Crippen LogP contribution >= 0.6 is 0 Å². The van der Waals surface area contributed by atoms with Gasteiger partial charge in [0.25, 0.3) is 0 Å². The summed E-state index contributed by atoms with van der Waals surface area (Å²) >= 11 is 0. The van der Waals surface area contributed by atoms with Crippen LogP contribution in [0.25, 0.3) is 33.5 Å². The van der Waals surface area contributed by atoms with Crippen molar-refractivity contribution in [1.82, 2.24) is 4.98 Å². The third kappa shape index (κ3) is 8.33. The molecule has 2 heterocycles. The molecule has 0 amide bonds. The number of pyridine rings is 1. The van der Waals surface area contributed by atoms with E-state index >= 15 is 0 Å². The molecule has 0 atom stereocenters. The Kier molecular flexibility index (Phi) is 12.5. The minimum Gasteiger partial charge on any atom is -0.512 e. The number of aryl methyl sites for hydroxylation is 4. The van der Waals surface area contributed by atoms with E-state index in [1.807, 2.05) is 24.4 Å². The summed E-state index contributed by atoms with van der Waals surface area (Å²) in [6.07, 6.45) is 3.06. The molecule has 0 saturated carbocycles. The second kappa shape index (κ2) is 17.5. The van der Waals surface area contributed by atoms with Gasteiger partial charge in [-0.25, -0.2) is 0 Å². The van der Waals surface area contributed by atoms with Gasteiger partial charge in [-0.2, -0.15) is 0 Å². The average Bonchev–Trinajstić information content (AvgIpc) is 3.18. The molecular weight excluding hydrogens is 860 g/mol. The number of carbonyl (C=O) groups is 1. The van der Waals surface area contributed by atoms with Crippen molar-refractivity contribution in [3.63, 3.8) is 0 Å². The van der Waals surface area contributed by atoms with Crippen LogP contribution in [0.15, 0.2) is 158 Å². The van der Waals surface area contributed by atoms with Crippen molar-refractivity contribution >= 4 is 52.0 Å². The number of allylic oxidation sites excluding steroid dienone is 2. The summed E-state index contributed by atoms with van der Waals surface area (Å²) < 4.78 is 0. The molecule has 0 fully saturated rings. The second-order valence-electron chi connectivity index (χ2n) is 14.6. The number of hydrogen-bond acceptors (Lipinski definition) is 3. The molecule has 277 valence electrons. The molecule has 3 nitrogen and oxygen atoms in total. The zero-order chi connectivity index (χ0) is 38.6. The number of nitrogens with zero attached hydrogens (tertiary/aromatic N) is 1. The predicted molar refractivity (Wildman–Crippen MR) is 234 cm³/mol. The van der Waals surface area contributed by atoms with Crippen LogP contribution in [0.1, 0.15) is 36.1 Å². The maximum atomic E-state index is 10.0. The van der Waals surface area contributed by atoms with E-state index in [4.69, 9.17) is 5.11 Å². The first-order valence-electron chi connectivity index (χ1n) is 18.9. The maximum Gasteiger partial charge on any atom is 0.240 e. The van der Waals surface area contributed by atoms with Crippen LogP contribution in [0, 0.1) is 33.8 Å². The molecule has 8 rings (SSSR count). The first-order chi connectivity index (χ1) is 26.6. The van der Waals surface area contributed by atoms with Crippen LogP contribution in [0.4, 0.5) is 0 Å². The monoisotopic (exact) mass is 905 g/mol. The molecule has 1 aromatic heterocycles. The topological polar surface area (TPSA) is 50.2 Å². The summed E-state index contributed by atoms with van der Waals surface area (Å²) in [4.78, 5) is 14.6. The van der Waals surface area contributed by atoms with Gasteiger partial charge in [0.05, 0.1) is 5.76 Å². The Labute approximate surface area is 346 Å². The summed E-state index contributed by atoms with van der Waals surface area (Å²) in [5.41, 5.74) is 20.6. The fraction of sp³-hybridized carbons (Fsp3) is 0.120. The molecule has 6 heteroatoms. The Morgan fingerprint density at radius 1 is 0.571 bits per heavy atom. The number of aromatic nitrogens is 1. The van der Waals surface area contributed by atoms with E-state index in [9.17, 15) is 4.79 Å². The van der Waals surface area contributed by atoms with Gasteiger partial charge < -0.3 is 10.1 Å².